The Labute approximate surface area is 160 Å². The summed E-state index contributed by atoms with van der Waals surface area (Å²) in [6.45, 7) is 8.46. The zero-order chi connectivity index (χ0) is 19.0. The van der Waals surface area contributed by atoms with E-state index in [1.54, 1.807) is 7.11 Å². The number of rotatable bonds is 8. The lowest BCUT2D eigenvalue weighted by Crippen LogP contribution is -2.34. The van der Waals surface area contributed by atoms with Crippen molar-refractivity contribution in [2.45, 2.75) is 52.2 Å². The molecule has 0 aliphatic heterocycles. The first-order valence-corrected chi connectivity index (χ1v) is 9.06. The number of benzene rings is 1. The Morgan fingerprint density at radius 3 is 2.52 bits per heavy atom. The molecule has 0 radical (unpaired) electrons. The van der Waals surface area contributed by atoms with Crippen molar-refractivity contribution in [1.82, 2.24) is 5.32 Å². The highest BCUT2D eigenvalue weighted by molar-refractivity contribution is 6.35. The SMILES string of the molecule is COCC(CCCNC(=O)OC(C)(C)C)Nc1cc(Cl)c(C)cc1Cl. The number of aryl methyl sites for hydroxylation is 1. The van der Waals surface area contributed by atoms with Crippen molar-refractivity contribution < 1.29 is 14.3 Å². The van der Waals surface area contributed by atoms with Gasteiger partial charge in [0, 0.05) is 24.7 Å². The molecule has 1 rings (SSSR count). The molecule has 1 atom stereocenters. The topological polar surface area (TPSA) is 59.6 Å². The van der Waals surface area contributed by atoms with Crippen LogP contribution in [0.3, 0.4) is 0 Å². The molecule has 0 bridgehead atoms. The van der Waals surface area contributed by atoms with E-state index in [1.165, 1.54) is 0 Å². The molecule has 0 heterocycles. The molecule has 1 amide bonds. The number of methoxy groups -OCH3 is 1. The van der Waals surface area contributed by atoms with E-state index in [9.17, 15) is 4.79 Å². The van der Waals surface area contributed by atoms with E-state index in [4.69, 9.17) is 32.7 Å². The molecule has 0 saturated heterocycles. The summed E-state index contributed by atoms with van der Waals surface area (Å²) in [5.74, 6) is 0. The summed E-state index contributed by atoms with van der Waals surface area (Å²) >= 11 is 12.4. The van der Waals surface area contributed by atoms with Crippen LogP contribution in [-0.2, 0) is 9.47 Å². The van der Waals surface area contributed by atoms with Gasteiger partial charge in [0.05, 0.1) is 17.3 Å². The number of alkyl carbamates (subject to hydrolysis) is 1. The smallest absolute Gasteiger partial charge is 0.407 e. The summed E-state index contributed by atoms with van der Waals surface area (Å²) in [5.41, 5.74) is 1.22. The highest BCUT2D eigenvalue weighted by Crippen LogP contribution is 2.29. The molecular weight excluding hydrogens is 363 g/mol. The van der Waals surface area contributed by atoms with Crippen molar-refractivity contribution in [2.75, 3.05) is 25.6 Å². The van der Waals surface area contributed by atoms with Crippen LogP contribution >= 0.6 is 23.2 Å². The first-order chi connectivity index (χ1) is 11.6. The Balaban J connectivity index is 2.50. The molecule has 0 saturated carbocycles. The van der Waals surface area contributed by atoms with Gasteiger partial charge in [0.25, 0.3) is 0 Å². The Hall–Kier alpha value is -1.17. The van der Waals surface area contributed by atoms with E-state index >= 15 is 0 Å². The van der Waals surface area contributed by atoms with Crippen LogP contribution in [0.15, 0.2) is 12.1 Å². The molecule has 25 heavy (non-hydrogen) atoms. The summed E-state index contributed by atoms with van der Waals surface area (Å²) in [6, 6.07) is 3.71. The van der Waals surface area contributed by atoms with Crippen molar-refractivity contribution in [3.63, 3.8) is 0 Å². The molecule has 7 heteroatoms. The molecule has 1 aromatic carbocycles. The summed E-state index contributed by atoms with van der Waals surface area (Å²) < 4.78 is 10.5. The van der Waals surface area contributed by atoms with Crippen LogP contribution in [0.1, 0.15) is 39.2 Å². The maximum absolute atomic E-state index is 11.6. The number of ether oxygens (including phenoxy) is 2. The molecule has 142 valence electrons. The van der Waals surface area contributed by atoms with Crippen LogP contribution in [-0.4, -0.2) is 38.0 Å². The molecule has 0 spiro atoms. The summed E-state index contributed by atoms with van der Waals surface area (Å²) in [6.07, 6.45) is 1.17. The molecule has 0 aliphatic carbocycles. The van der Waals surface area contributed by atoms with Crippen LogP contribution in [0.25, 0.3) is 0 Å². The quantitative estimate of drug-likeness (QED) is 0.610. The van der Waals surface area contributed by atoms with Crippen LogP contribution in [0, 0.1) is 6.92 Å². The van der Waals surface area contributed by atoms with Gasteiger partial charge in [-0.25, -0.2) is 4.79 Å². The minimum absolute atomic E-state index is 0.0571. The third-order valence-corrected chi connectivity index (χ3v) is 4.09. The van der Waals surface area contributed by atoms with Crippen molar-refractivity contribution >= 4 is 35.0 Å². The van der Waals surface area contributed by atoms with Crippen molar-refractivity contribution in [1.29, 1.82) is 0 Å². The number of carbonyl (C=O) groups is 1. The zero-order valence-corrected chi connectivity index (χ0v) is 17.1. The molecule has 5 nitrogen and oxygen atoms in total. The zero-order valence-electron chi connectivity index (χ0n) is 15.5. The van der Waals surface area contributed by atoms with Gasteiger partial charge in [-0.15, -0.1) is 0 Å². The predicted molar refractivity (Wildman–Crippen MR) is 104 cm³/mol. The maximum Gasteiger partial charge on any atom is 0.407 e. The third-order valence-electron chi connectivity index (χ3n) is 3.37. The fourth-order valence-corrected chi connectivity index (χ4v) is 2.66. The lowest BCUT2D eigenvalue weighted by atomic mass is 10.1. The molecule has 0 aromatic heterocycles. The van der Waals surface area contributed by atoms with Gasteiger partial charge < -0.3 is 20.1 Å². The van der Waals surface area contributed by atoms with E-state index in [0.29, 0.717) is 23.2 Å². The standard InChI is InChI=1S/C18H28Cl2N2O3/c1-12-9-15(20)16(10-14(12)19)22-13(11-24-5)7-6-8-21-17(23)25-18(2,3)4/h9-10,13,22H,6-8,11H2,1-5H3,(H,21,23). The fourth-order valence-electron chi connectivity index (χ4n) is 2.23. The summed E-state index contributed by atoms with van der Waals surface area (Å²) in [7, 11) is 1.65. The normalized spacial score (nSPS) is 12.6. The lowest BCUT2D eigenvalue weighted by Gasteiger charge is -2.22. The molecular formula is C18H28Cl2N2O3. The van der Waals surface area contributed by atoms with Gasteiger partial charge in [-0.3, -0.25) is 0 Å². The average molecular weight is 391 g/mol. The van der Waals surface area contributed by atoms with Gasteiger partial charge in [0.15, 0.2) is 0 Å². The van der Waals surface area contributed by atoms with Crippen molar-refractivity contribution in [3.05, 3.63) is 27.7 Å². The summed E-state index contributed by atoms with van der Waals surface area (Å²) in [5, 5.41) is 7.39. The van der Waals surface area contributed by atoms with E-state index in [1.807, 2.05) is 39.8 Å². The molecule has 0 fully saturated rings. The molecule has 1 aromatic rings. The average Bonchev–Trinajstić information content (AvgIpc) is 2.47. The lowest BCUT2D eigenvalue weighted by molar-refractivity contribution is 0.0526. The second-order valence-electron chi connectivity index (χ2n) is 6.95. The number of anilines is 1. The first-order valence-electron chi connectivity index (χ1n) is 8.30. The van der Waals surface area contributed by atoms with Crippen LogP contribution in [0.2, 0.25) is 10.0 Å². The van der Waals surface area contributed by atoms with Crippen LogP contribution in [0.5, 0.6) is 0 Å². The number of amides is 1. The maximum atomic E-state index is 11.6. The van der Waals surface area contributed by atoms with Crippen molar-refractivity contribution in [3.8, 4) is 0 Å². The Morgan fingerprint density at radius 2 is 1.92 bits per heavy atom. The second kappa shape index (κ2) is 10.1. The first kappa shape index (κ1) is 21.9. The predicted octanol–water partition coefficient (Wildman–Crippen LogP) is 5.03. The van der Waals surface area contributed by atoms with E-state index in [-0.39, 0.29) is 6.04 Å². The minimum Gasteiger partial charge on any atom is -0.444 e. The third kappa shape index (κ3) is 8.66. The number of hydrogen-bond acceptors (Lipinski definition) is 4. The van der Waals surface area contributed by atoms with E-state index in [0.717, 1.165) is 24.1 Å². The van der Waals surface area contributed by atoms with Gasteiger partial charge in [-0.1, -0.05) is 23.2 Å². The largest absolute Gasteiger partial charge is 0.444 e. The summed E-state index contributed by atoms with van der Waals surface area (Å²) in [4.78, 5) is 11.6. The van der Waals surface area contributed by atoms with E-state index < -0.39 is 11.7 Å². The monoisotopic (exact) mass is 390 g/mol. The van der Waals surface area contributed by atoms with E-state index in [2.05, 4.69) is 10.6 Å². The molecule has 1 unspecified atom stereocenters. The minimum atomic E-state index is -0.494. The fraction of sp³-hybridized carbons (Fsp3) is 0.611. The van der Waals surface area contributed by atoms with Gasteiger partial charge in [0.1, 0.15) is 5.60 Å². The molecule has 2 N–H and O–H groups in total. The Kier molecular flexibility index (Phi) is 8.83. The number of hydrogen-bond donors (Lipinski definition) is 2. The van der Waals surface area contributed by atoms with Crippen molar-refractivity contribution in [2.24, 2.45) is 0 Å². The molecule has 0 aliphatic rings. The van der Waals surface area contributed by atoms with Gasteiger partial charge in [-0.2, -0.15) is 0 Å². The van der Waals surface area contributed by atoms with Crippen LogP contribution in [0.4, 0.5) is 10.5 Å². The van der Waals surface area contributed by atoms with Gasteiger partial charge in [0.2, 0.25) is 0 Å². The number of carbonyl (C=O) groups excluding carboxylic acids is 1. The van der Waals surface area contributed by atoms with Gasteiger partial charge >= 0.3 is 6.09 Å². The Morgan fingerprint density at radius 1 is 1.24 bits per heavy atom. The Bertz CT molecular complexity index is 574. The number of nitrogens with one attached hydrogen (secondary N) is 2. The highest BCUT2D eigenvalue weighted by atomic mass is 35.5. The van der Waals surface area contributed by atoms with Gasteiger partial charge in [-0.05, 0) is 58.2 Å². The number of halogens is 2. The van der Waals surface area contributed by atoms with Crippen LogP contribution < -0.4 is 10.6 Å². The second-order valence-corrected chi connectivity index (χ2v) is 7.76. The highest BCUT2D eigenvalue weighted by Gasteiger charge is 2.16.